The second kappa shape index (κ2) is 5.35. The Bertz CT molecular complexity index is 267. The molecule has 6 nitrogen and oxygen atoms in total. The minimum Gasteiger partial charge on any atom is -0.480 e. The topological polar surface area (TPSA) is 87.7 Å². The maximum atomic E-state index is 11.1. The van der Waals surface area contributed by atoms with Crippen molar-refractivity contribution in [2.24, 2.45) is 0 Å². The molecule has 0 radical (unpaired) electrons. The van der Waals surface area contributed by atoms with E-state index in [1.807, 2.05) is 0 Å². The molecule has 1 aliphatic heterocycles. The van der Waals surface area contributed by atoms with Crippen molar-refractivity contribution in [3.8, 4) is 0 Å². The Hall–Kier alpha value is -1.56. The summed E-state index contributed by atoms with van der Waals surface area (Å²) >= 11 is 0. The SMILES string of the molecule is C=CCOC(=O)NC1CN[C@H](C(=O)O)C1. The van der Waals surface area contributed by atoms with Crippen LogP contribution in [0.25, 0.3) is 0 Å². The van der Waals surface area contributed by atoms with E-state index in [1.165, 1.54) is 6.08 Å². The third-order valence-corrected chi connectivity index (χ3v) is 2.08. The van der Waals surface area contributed by atoms with Gasteiger partial charge in [0.2, 0.25) is 0 Å². The Morgan fingerprint density at radius 3 is 2.93 bits per heavy atom. The average Bonchev–Trinajstić information content (AvgIpc) is 2.63. The van der Waals surface area contributed by atoms with Gasteiger partial charge in [-0.1, -0.05) is 12.7 Å². The highest BCUT2D eigenvalue weighted by Gasteiger charge is 2.30. The van der Waals surface area contributed by atoms with Crippen LogP contribution in [0.2, 0.25) is 0 Å². The first-order valence-electron chi connectivity index (χ1n) is 4.64. The molecule has 1 fully saturated rings. The van der Waals surface area contributed by atoms with Gasteiger partial charge in [0.15, 0.2) is 0 Å². The summed E-state index contributed by atoms with van der Waals surface area (Å²) in [6, 6.07) is -0.780. The number of hydrogen-bond acceptors (Lipinski definition) is 4. The lowest BCUT2D eigenvalue weighted by atomic mass is 10.2. The Morgan fingerprint density at radius 1 is 1.67 bits per heavy atom. The number of aliphatic carboxylic acids is 1. The molecule has 0 aromatic heterocycles. The minimum absolute atomic E-state index is 0.147. The fourth-order valence-electron chi connectivity index (χ4n) is 1.38. The van der Waals surface area contributed by atoms with Gasteiger partial charge in [-0.25, -0.2) is 4.79 Å². The van der Waals surface area contributed by atoms with E-state index in [0.717, 1.165) is 0 Å². The summed E-state index contributed by atoms with van der Waals surface area (Å²) in [5.74, 6) is -0.904. The smallest absolute Gasteiger partial charge is 0.407 e. The zero-order chi connectivity index (χ0) is 11.3. The predicted octanol–water partition coefficient (Wildman–Crippen LogP) is -0.286. The van der Waals surface area contributed by atoms with E-state index in [0.29, 0.717) is 13.0 Å². The lowest BCUT2D eigenvalue weighted by Gasteiger charge is -2.10. The Kier molecular flexibility index (Phi) is 4.11. The van der Waals surface area contributed by atoms with Crippen molar-refractivity contribution in [2.75, 3.05) is 13.2 Å². The van der Waals surface area contributed by atoms with Crippen LogP contribution >= 0.6 is 0 Å². The van der Waals surface area contributed by atoms with Gasteiger partial charge >= 0.3 is 12.1 Å². The van der Waals surface area contributed by atoms with E-state index >= 15 is 0 Å². The Morgan fingerprint density at radius 2 is 2.40 bits per heavy atom. The summed E-state index contributed by atoms with van der Waals surface area (Å²) in [7, 11) is 0. The van der Waals surface area contributed by atoms with Crippen molar-refractivity contribution in [1.82, 2.24) is 10.6 Å². The summed E-state index contributed by atoms with van der Waals surface area (Å²) in [4.78, 5) is 21.7. The van der Waals surface area contributed by atoms with Gasteiger partial charge in [0.25, 0.3) is 0 Å². The normalized spacial score (nSPS) is 24.5. The number of carboxylic acid groups (broad SMARTS) is 1. The predicted molar refractivity (Wildman–Crippen MR) is 52.5 cm³/mol. The molecule has 1 amide bonds. The van der Waals surface area contributed by atoms with Gasteiger partial charge in [0.1, 0.15) is 12.6 Å². The van der Waals surface area contributed by atoms with Crippen LogP contribution in [0.15, 0.2) is 12.7 Å². The third kappa shape index (κ3) is 3.59. The van der Waals surface area contributed by atoms with Crippen molar-refractivity contribution in [3.63, 3.8) is 0 Å². The molecule has 0 bridgehead atoms. The number of carbonyl (C=O) groups excluding carboxylic acids is 1. The first-order valence-corrected chi connectivity index (χ1v) is 4.64. The van der Waals surface area contributed by atoms with Crippen molar-refractivity contribution >= 4 is 12.1 Å². The van der Waals surface area contributed by atoms with Crippen LogP contribution in [0.1, 0.15) is 6.42 Å². The molecule has 0 aromatic carbocycles. The van der Waals surface area contributed by atoms with E-state index < -0.39 is 18.1 Å². The van der Waals surface area contributed by atoms with E-state index in [-0.39, 0.29) is 12.6 Å². The number of alkyl carbamates (subject to hydrolysis) is 1. The van der Waals surface area contributed by atoms with Crippen molar-refractivity contribution < 1.29 is 19.4 Å². The molecular weight excluding hydrogens is 200 g/mol. The van der Waals surface area contributed by atoms with E-state index in [1.54, 1.807) is 0 Å². The standard InChI is InChI=1S/C9H14N2O4/c1-2-3-15-9(14)11-6-4-7(8(12)13)10-5-6/h2,6-7,10H,1,3-5H2,(H,11,14)(H,12,13)/t6?,7-/m0/s1. The van der Waals surface area contributed by atoms with Gasteiger partial charge in [-0.2, -0.15) is 0 Å². The van der Waals surface area contributed by atoms with E-state index in [9.17, 15) is 9.59 Å². The maximum Gasteiger partial charge on any atom is 0.407 e. The molecule has 1 unspecified atom stereocenters. The molecule has 1 saturated heterocycles. The number of nitrogens with one attached hydrogen (secondary N) is 2. The zero-order valence-corrected chi connectivity index (χ0v) is 8.23. The van der Waals surface area contributed by atoms with Crippen LogP contribution in [-0.4, -0.2) is 42.4 Å². The molecule has 3 N–H and O–H groups in total. The van der Waals surface area contributed by atoms with Gasteiger partial charge in [-0.05, 0) is 6.42 Å². The summed E-state index contributed by atoms with van der Waals surface area (Å²) < 4.78 is 4.71. The number of rotatable bonds is 4. The van der Waals surface area contributed by atoms with E-state index in [4.69, 9.17) is 9.84 Å². The second-order valence-electron chi connectivity index (χ2n) is 3.26. The zero-order valence-electron chi connectivity index (χ0n) is 8.23. The summed E-state index contributed by atoms with van der Waals surface area (Å²) in [5.41, 5.74) is 0. The van der Waals surface area contributed by atoms with Gasteiger partial charge in [0.05, 0.1) is 0 Å². The van der Waals surface area contributed by atoms with Crippen LogP contribution in [0.3, 0.4) is 0 Å². The number of amides is 1. The quantitative estimate of drug-likeness (QED) is 0.560. The van der Waals surface area contributed by atoms with Crippen LogP contribution in [0, 0.1) is 0 Å². The van der Waals surface area contributed by atoms with Gasteiger partial charge < -0.3 is 20.5 Å². The summed E-state index contributed by atoms with van der Waals surface area (Å²) in [5, 5.41) is 14.0. The molecule has 6 heteroatoms. The van der Waals surface area contributed by atoms with Crippen molar-refractivity contribution in [1.29, 1.82) is 0 Å². The number of carboxylic acids is 1. The van der Waals surface area contributed by atoms with Gasteiger partial charge in [0, 0.05) is 12.6 Å². The van der Waals surface area contributed by atoms with Crippen LogP contribution < -0.4 is 10.6 Å². The molecule has 1 rings (SSSR count). The van der Waals surface area contributed by atoms with Crippen molar-refractivity contribution in [3.05, 3.63) is 12.7 Å². The molecule has 15 heavy (non-hydrogen) atoms. The summed E-state index contributed by atoms with van der Waals surface area (Å²) in [6.45, 7) is 4.00. The lowest BCUT2D eigenvalue weighted by Crippen LogP contribution is -2.36. The molecular formula is C9H14N2O4. The molecule has 0 aliphatic carbocycles. The lowest BCUT2D eigenvalue weighted by molar-refractivity contribution is -0.139. The maximum absolute atomic E-state index is 11.1. The van der Waals surface area contributed by atoms with E-state index in [2.05, 4.69) is 17.2 Å². The molecule has 1 heterocycles. The van der Waals surface area contributed by atoms with Crippen LogP contribution in [0.4, 0.5) is 4.79 Å². The van der Waals surface area contributed by atoms with Gasteiger partial charge in [-0.3, -0.25) is 4.79 Å². The number of ether oxygens (including phenoxy) is 1. The molecule has 0 spiro atoms. The van der Waals surface area contributed by atoms with Crippen LogP contribution in [-0.2, 0) is 9.53 Å². The number of hydrogen-bond donors (Lipinski definition) is 3. The first-order chi connectivity index (χ1) is 7.13. The van der Waals surface area contributed by atoms with Crippen molar-refractivity contribution in [2.45, 2.75) is 18.5 Å². The highest BCUT2D eigenvalue weighted by molar-refractivity contribution is 5.74. The molecule has 0 saturated carbocycles. The summed E-state index contributed by atoms with van der Waals surface area (Å²) in [6.07, 6.45) is 1.29. The monoisotopic (exact) mass is 214 g/mol. The number of carbonyl (C=O) groups is 2. The fourth-order valence-corrected chi connectivity index (χ4v) is 1.38. The Balaban J connectivity index is 2.26. The molecule has 1 aliphatic rings. The highest BCUT2D eigenvalue weighted by Crippen LogP contribution is 2.06. The third-order valence-electron chi connectivity index (χ3n) is 2.08. The Labute approximate surface area is 87.3 Å². The fraction of sp³-hybridized carbons (Fsp3) is 0.556. The van der Waals surface area contributed by atoms with Crippen LogP contribution in [0.5, 0.6) is 0 Å². The highest BCUT2D eigenvalue weighted by atomic mass is 16.5. The minimum atomic E-state index is -0.904. The average molecular weight is 214 g/mol. The molecule has 0 aromatic rings. The molecule has 84 valence electrons. The van der Waals surface area contributed by atoms with Gasteiger partial charge in [-0.15, -0.1) is 0 Å². The first kappa shape index (κ1) is 11.5. The molecule has 2 atom stereocenters. The largest absolute Gasteiger partial charge is 0.480 e. The second-order valence-corrected chi connectivity index (χ2v) is 3.26.